The lowest BCUT2D eigenvalue weighted by Gasteiger charge is -2.33. The van der Waals surface area contributed by atoms with E-state index in [1.165, 1.54) is 60.5 Å². The van der Waals surface area contributed by atoms with E-state index in [9.17, 15) is 0 Å². The van der Waals surface area contributed by atoms with Crippen LogP contribution in [-0.4, -0.2) is 26.5 Å². The summed E-state index contributed by atoms with van der Waals surface area (Å²) in [5, 5.41) is 7.23. The van der Waals surface area contributed by atoms with E-state index in [0.717, 1.165) is 101 Å². The number of benzene rings is 12. The molecule has 6 nitrogen and oxygen atoms in total. The van der Waals surface area contributed by atoms with Crippen molar-refractivity contribution >= 4 is 99.9 Å². The molecular formula is C78H49BN4O2. The number of anilines is 2. The van der Waals surface area contributed by atoms with Crippen LogP contribution in [0.1, 0.15) is 11.5 Å². The molecule has 0 radical (unpaired) electrons. The highest BCUT2D eigenvalue weighted by atomic mass is 16.5. The first kappa shape index (κ1) is 46.6. The number of hydrogen-bond donors (Lipinski definition) is 0. The number of rotatable bonds is 6. The molecule has 3 aliphatic heterocycles. The van der Waals surface area contributed by atoms with Gasteiger partial charge >= 0.3 is 0 Å². The number of allylic oxidation sites excluding steroid dienone is 2. The van der Waals surface area contributed by atoms with Crippen molar-refractivity contribution in [2.45, 2.75) is 12.0 Å². The molecule has 85 heavy (non-hydrogen) atoms. The van der Waals surface area contributed by atoms with Crippen LogP contribution >= 0.6 is 0 Å². The van der Waals surface area contributed by atoms with E-state index in [-0.39, 0.29) is 18.7 Å². The van der Waals surface area contributed by atoms with Crippen molar-refractivity contribution in [1.29, 1.82) is 0 Å². The Hall–Kier alpha value is -11.0. The van der Waals surface area contributed by atoms with Gasteiger partial charge in [-0.05, 0) is 113 Å². The predicted molar refractivity (Wildman–Crippen MR) is 351 cm³/mol. The highest BCUT2D eigenvalue weighted by molar-refractivity contribution is 6.98. The molecule has 12 aromatic carbocycles. The van der Waals surface area contributed by atoms with Gasteiger partial charge < -0.3 is 28.1 Å². The monoisotopic (exact) mass is 1080 g/mol. The van der Waals surface area contributed by atoms with Crippen LogP contribution in [0.15, 0.2) is 285 Å². The fourth-order valence-electron chi connectivity index (χ4n) is 15.1. The van der Waals surface area contributed by atoms with Gasteiger partial charge in [-0.25, -0.2) is 0 Å². The predicted octanol–water partition coefficient (Wildman–Crippen LogP) is 17.8. The highest BCUT2D eigenvalue weighted by Gasteiger charge is 2.41. The lowest BCUT2D eigenvalue weighted by molar-refractivity contribution is 0.464. The highest BCUT2D eigenvalue weighted by Crippen LogP contribution is 2.52. The summed E-state index contributed by atoms with van der Waals surface area (Å²) in [7, 11) is 0. The van der Waals surface area contributed by atoms with Gasteiger partial charge in [0.1, 0.15) is 23.0 Å². The lowest BCUT2D eigenvalue weighted by atomic mass is 9.35. The summed E-state index contributed by atoms with van der Waals surface area (Å²) in [6, 6.07) is 95.9. The van der Waals surface area contributed by atoms with Crippen LogP contribution in [0, 0.1) is 0 Å². The molecule has 19 rings (SSSR count). The van der Waals surface area contributed by atoms with E-state index in [1.807, 2.05) is 0 Å². The number of fused-ring (bicyclic) bond motifs is 16. The molecule has 6 heterocycles. The number of hydrogen-bond acceptors (Lipinski definition) is 3. The minimum Gasteiger partial charge on any atom is -0.458 e. The van der Waals surface area contributed by atoms with Crippen LogP contribution in [0.3, 0.4) is 0 Å². The Labute approximate surface area is 490 Å². The van der Waals surface area contributed by atoms with Crippen molar-refractivity contribution in [3.63, 3.8) is 0 Å². The van der Waals surface area contributed by atoms with Crippen LogP contribution in [0.25, 0.3) is 105 Å². The van der Waals surface area contributed by atoms with Crippen LogP contribution < -0.4 is 30.8 Å². The zero-order chi connectivity index (χ0) is 55.4. The van der Waals surface area contributed by atoms with E-state index >= 15 is 0 Å². The Morgan fingerprint density at radius 1 is 0.318 bits per heavy atom. The SMILES string of the molecule is C1=CC2c3ccccc3N(c3ccccc3-c3ccc(-c4ccc5c(c4)c4ccccc4n5-c4cc5c6c(c4)Oc4ccccc4B6c4ccccc4O5)cc3-n3c4ccccc4c4cc(-n5c6ccccc6c6ccccc65)ccc43)C2C=C1. The minimum absolute atomic E-state index is 0.00134. The van der Waals surface area contributed by atoms with Gasteiger partial charge in [-0.3, -0.25) is 0 Å². The Morgan fingerprint density at radius 3 is 1.49 bits per heavy atom. The summed E-state index contributed by atoms with van der Waals surface area (Å²) < 4.78 is 21.0. The standard InChI is InChI=1S/C78H49BN4O2/c1-10-28-64-52(19-1)53-20-2-11-29-65(53)80(64)50-39-42-72-61(45-50)58-25-7-16-34-70(58)83(72)73-44-49(37-40-59(73)56-23-5-15-33-69(56)82-67-31-13-3-21-54(67)55-22-4-14-32-68(55)82)48-38-41-71-60(43-48)57-24-6-12-30-66(57)81(71)51-46-76-78-77(47-51)85-75-36-18-9-27-63(75)79(78)62-26-8-17-35-74(62)84-76/h1-47,54,67H. The van der Waals surface area contributed by atoms with Gasteiger partial charge in [0.25, 0.3) is 6.71 Å². The number of aromatic nitrogens is 3. The quantitative estimate of drug-likeness (QED) is 0.156. The molecule has 1 aliphatic carbocycles. The van der Waals surface area contributed by atoms with Gasteiger partial charge in [0, 0.05) is 84.0 Å². The molecule has 3 aromatic heterocycles. The molecule has 15 aromatic rings. The van der Waals surface area contributed by atoms with E-state index in [4.69, 9.17) is 9.47 Å². The molecule has 2 atom stereocenters. The summed E-state index contributed by atoms with van der Waals surface area (Å²) in [5.74, 6) is 3.63. The number of nitrogens with zero attached hydrogens (tertiary/aromatic N) is 4. The van der Waals surface area contributed by atoms with E-state index in [1.54, 1.807) is 0 Å². The molecule has 4 aliphatic rings. The van der Waals surface area contributed by atoms with Crippen molar-refractivity contribution in [2.24, 2.45) is 0 Å². The summed E-state index contributed by atoms with van der Waals surface area (Å²) in [5.41, 5.74) is 21.8. The van der Waals surface area contributed by atoms with Gasteiger partial charge in [-0.1, -0.05) is 188 Å². The third kappa shape index (κ3) is 6.66. The van der Waals surface area contributed by atoms with Crippen molar-refractivity contribution < 1.29 is 9.47 Å². The van der Waals surface area contributed by atoms with Gasteiger partial charge in [0.15, 0.2) is 0 Å². The van der Waals surface area contributed by atoms with E-state index in [2.05, 4.69) is 304 Å². The van der Waals surface area contributed by atoms with E-state index in [0.29, 0.717) is 0 Å². The first-order valence-corrected chi connectivity index (χ1v) is 29.4. The lowest BCUT2D eigenvalue weighted by Crippen LogP contribution is -2.57. The van der Waals surface area contributed by atoms with Crippen LogP contribution in [0.2, 0.25) is 0 Å². The zero-order valence-corrected chi connectivity index (χ0v) is 46.0. The molecule has 396 valence electrons. The summed E-state index contributed by atoms with van der Waals surface area (Å²) in [4.78, 5) is 2.58. The van der Waals surface area contributed by atoms with Crippen molar-refractivity contribution in [3.8, 4) is 62.3 Å². The minimum atomic E-state index is 0.00134. The average Bonchev–Trinajstić information content (AvgIpc) is 3.38. The van der Waals surface area contributed by atoms with Crippen molar-refractivity contribution in [2.75, 3.05) is 4.90 Å². The molecule has 0 N–H and O–H groups in total. The van der Waals surface area contributed by atoms with Gasteiger partial charge in [-0.2, -0.15) is 0 Å². The Kier molecular flexibility index (Phi) is 9.72. The van der Waals surface area contributed by atoms with Gasteiger partial charge in [-0.15, -0.1) is 0 Å². The topological polar surface area (TPSA) is 36.5 Å². The second-order valence-electron chi connectivity index (χ2n) is 23.0. The average molecular weight is 1090 g/mol. The van der Waals surface area contributed by atoms with Crippen molar-refractivity contribution in [1.82, 2.24) is 13.7 Å². The largest absolute Gasteiger partial charge is 0.458 e. The second kappa shape index (κ2) is 17.7. The van der Waals surface area contributed by atoms with Crippen LogP contribution in [0.5, 0.6) is 23.0 Å². The molecule has 7 heteroatoms. The summed E-state index contributed by atoms with van der Waals surface area (Å²) >= 11 is 0. The molecule has 0 amide bonds. The molecule has 0 saturated carbocycles. The fraction of sp³-hybridized carbons (Fsp3) is 0.0256. The molecule has 0 spiro atoms. The first-order chi connectivity index (χ1) is 42.2. The van der Waals surface area contributed by atoms with Gasteiger partial charge in [0.05, 0.1) is 50.5 Å². The smallest absolute Gasteiger partial charge is 0.260 e. The van der Waals surface area contributed by atoms with Gasteiger partial charge in [0.2, 0.25) is 0 Å². The Bertz CT molecular complexity index is 5320. The normalized spacial score (nSPS) is 15.3. The third-order valence-corrected chi connectivity index (χ3v) is 18.7. The number of ether oxygens (including phenoxy) is 2. The second-order valence-corrected chi connectivity index (χ2v) is 23.0. The molecular weight excluding hydrogens is 1040 g/mol. The Balaban J connectivity index is 0.818. The first-order valence-electron chi connectivity index (χ1n) is 29.4. The maximum atomic E-state index is 6.84. The van der Waals surface area contributed by atoms with Crippen molar-refractivity contribution in [3.05, 3.63) is 291 Å². The molecule has 0 fully saturated rings. The van der Waals surface area contributed by atoms with Crippen LogP contribution in [0.4, 0.5) is 11.4 Å². The summed E-state index contributed by atoms with van der Waals surface area (Å²) in [6.45, 7) is 0.00134. The maximum Gasteiger partial charge on any atom is 0.260 e. The van der Waals surface area contributed by atoms with Crippen LogP contribution in [-0.2, 0) is 0 Å². The molecule has 0 saturated heterocycles. The number of para-hydroxylation sites is 8. The van der Waals surface area contributed by atoms with E-state index < -0.39 is 0 Å². The third-order valence-electron chi connectivity index (χ3n) is 18.7. The zero-order valence-electron chi connectivity index (χ0n) is 46.0. The molecule has 0 bridgehead atoms. The Morgan fingerprint density at radius 2 is 0.800 bits per heavy atom. The summed E-state index contributed by atoms with van der Waals surface area (Å²) in [6.07, 6.45) is 9.15. The molecule has 2 unspecified atom stereocenters. The fourth-order valence-corrected chi connectivity index (χ4v) is 15.1. The maximum absolute atomic E-state index is 6.84.